The van der Waals surface area contributed by atoms with Crippen molar-refractivity contribution in [1.29, 1.82) is 0 Å². The number of nitrogens with one attached hydrogen (secondary N) is 1. The lowest BCUT2D eigenvalue weighted by Gasteiger charge is -2.05. The van der Waals surface area contributed by atoms with E-state index in [1.165, 1.54) is 0 Å². The van der Waals surface area contributed by atoms with E-state index in [4.69, 9.17) is 4.74 Å². The SMILES string of the molecule is [O-][S+]1NCCOc2cccnc21. The van der Waals surface area contributed by atoms with Gasteiger partial charge in [0.2, 0.25) is 0 Å². The molecule has 0 bridgehead atoms. The average molecular weight is 184 g/mol. The van der Waals surface area contributed by atoms with E-state index < -0.39 is 11.4 Å². The summed E-state index contributed by atoms with van der Waals surface area (Å²) in [5.41, 5.74) is 0. The molecule has 0 fully saturated rings. The third kappa shape index (κ3) is 1.38. The van der Waals surface area contributed by atoms with Gasteiger partial charge in [-0.3, -0.25) is 0 Å². The molecule has 0 amide bonds. The Bertz CT molecular complexity index is 282. The van der Waals surface area contributed by atoms with Crippen LogP contribution >= 0.6 is 0 Å². The summed E-state index contributed by atoms with van der Waals surface area (Å²) in [7, 11) is 0. The third-order valence-electron chi connectivity index (χ3n) is 1.50. The number of ether oxygens (including phenoxy) is 1. The van der Waals surface area contributed by atoms with Crippen molar-refractivity contribution >= 4 is 11.4 Å². The van der Waals surface area contributed by atoms with Gasteiger partial charge in [0.1, 0.15) is 18.0 Å². The van der Waals surface area contributed by atoms with Gasteiger partial charge in [0.15, 0.2) is 5.75 Å². The van der Waals surface area contributed by atoms with Crippen LogP contribution in [0.5, 0.6) is 5.75 Å². The maximum atomic E-state index is 11.4. The average Bonchev–Trinajstić information content (AvgIpc) is 2.29. The molecule has 0 aromatic carbocycles. The molecule has 4 nitrogen and oxygen atoms in total. The number of pyridine rings is 1. The summed E-state index contributed by atoms with van der Waals surface area (Å²) in [5, 5.41) is 0.481. The maximum absolute atomic E-state index is 11.4. The lowest BCUT2D eigenvalue weighted by molar-refractivity contribution is 0.319. The van der Waals surface area contributed by atoms with Gasteiger partial charge in [0.05, 0.1) is 6.54 Å². The largest absolute Gasteiger partial charge is 0.592 e. The Morgan fingerprint density at radius 2 is 2.58 bits per heavy atom. The summed E-state index contributed by atoms with van der Waals surface area (Å²) in [5.74, 6) is 0.612. The van der Waals surface area contributed by atoms with Crippen molar-refractivity contribution in [3.05, 3.63) is 18.3 Å². The first-order valence-electron chi connectivity index (χ1n) is 3.61. The van der Waals surface area contributed by atoms with E-state index in [-0.39, 0.29) is 0 Å². The highest BCUT2D eigenvalue weighted by atomic mass is 32.2. The summed E-state index contributed by atoms with van der Waals surface area (Å²) in [6.45, 7) is 1.12. The van der Waals surface area contributed by atoms with Crippen LogP contribution in [0, 0.1) is 0 Å². The lowest BCUT2D eigenvalue weighted by Crippen LogP contribution is -2.25. The van der Waals surface area contributed by atoms with Crippen molar-refractivity contribution in [1.82, 2.24) is 9.71 Å². The molecule has 1 unspecified atom stereocenters. The quantitative estimate of drug-likeness (QED) is 0.580. The Morgan fingerprint density at radius 3 is 3.50 bits per heavy atom. The van der Waals surface area contributed by atoms with Gasteiger partial charge in [0, 0.05) is 6.20 Å². The third-order valence-corrected chi connectivity index (χ3v) is 2.63. The smallest absolute Gasteiger partial charge is 0.308 e. The summed E-state index contributed by atoms with van der Waals surface area (Å²) in [6.07, 6.45) is 1.60. The van der Waals surface area contributed by atoms with Crippen LogP contribution in [0.25, 0.3) is 0 Å². The van der Waals surface area contributed by atoms with Crippen molar-refractivity contribution in [3.8, 4) is 5.75 Å². The van der Waals surface area contributed by atoms with Gasteiger partial charge in [-0.2, -0.15) is 0 Å². The Balaban J connectivity index is 2.39. The lowest BCUT2D eigenvalue weighted by atomic mass is 10.5. The molecule has 1 aromatic heterocycles. The summed E-state index contributed by atoms with van der Waals surface area (Å²) in [6, 6.07) is 3.54. The van der Waals surface area contributed by atoms with E-state index in [0.717, 1.165) is 0 Å². The van der Waals surface area contributed by atoms with Gasteiger partial charge < -0.3 is 9.29 Å². The van der Waals surface area contributed by atoms with E-state index in [2.05, 4.69) is 9.71 Å². The maximum Gasteiger partial charge on any atom is 0.308 e. The second kappa shape index (κ2) is 3.30. The number of fused-ring (bicyclic) bond motifs is 1. The van der Waals surface area contributed by atoms with Gasteiger partial charge in [-0.1, -0.05) is 0 Å². The van der Waals surface area contributed by atoms with Crippen LogP contribution in [-0.2, 0) is 11.4 Å². The number of aromatic nitrogens is 1. The first kappa shape index (κ1) is 7.85. The molecule has 12 heavy (non-hydrogen) atoms. The zero-order chi connectivity index (χ0) is 8.39. The van der Waals surface area contributed by atoms with E-state index in [1.807, 2.05) is 0 Å². The van der Waals surface area contributed by atoms with Gasteiger partial charge in [0.25, 0.3) is 0 Å². The minimum atomic E-state index is -1.22. The van der Waals surface area contributed by atoms with Crippen LogP contribution in [0.4, 0.5) is 0 Å². The van der Waals surface area contributed by atoms with Gasteiger partial charge in [-0.25, -0.2) is 4.98 Å². The van der Waals surface area contributed by atoms with Crippen molar-refractivity contribution in [2.24, 2.45) is 0 Å². The molecule has 0 saturated heterocycles. The summed E-state index contributed by atoms with van der Waals surface area (Å²) in [4.78, 5) is 3.97. The Labute approximate surface area is 73.3 Å². The highest BCUT2D eigenvalue weighted by molar-refractivity contribution is 7.89. The van der Waals surface area contributed by atoms with Crippen LogP contribution in [0.15, 0.2) is 23.4 Å². The molecule has 1 aromatic rings. The zero-order valence-electron chi connectivity index (χ0n) is 6.32. The van der Waals surface area contributed by atoms with E-state index >= 15 is 0 Å². The minimum absolute atomic E-state index is 0.481. The Kier molecular flexibility index (Phi) is 2.16. The van der Waals surface area contributed by atoms with Crippen LogP contribution in [-0.4, -0.2) is 22.7 Å². The van der Waals surface area contributed by atoms with E-state index in [0.29, 0.717) is 23.9 Å². The first-order chi connectivity index (χ1) is 5.88. The molecule has 1 aliphatic rings. The highest BCUT2D eigenvalue weighted by Crippen LogP contribution is 2.21. The number of rotatable bonds is 0. The number of hydrogen-bond acceptors (Lipinski definition) is 4. The van der Waals surface area contributed by atoms with E-state index in [1.54, 1.807) is 18.3 Å². The molecule has 64 valence electrons. The second-order valence-corrected chi connectivity index (χ2v) is 3.53. The molecule has 0 spiro atoms. The van der Waals surface area contributed by atoms with Gasteiger partial charge in [-0.15, -0.1) is 4.72 Å². The Hall–Kier alpha value is -0.780. The van der Waals surface area contributed by atoms with E-state index in [9.17, 15) is 4.55 Å². The monoisotopic (exact) mass is 184 g/mol. The van der Waals surface area contributed by atoms with Crippen LogP contribution < -0.4 is 9.46 Å². The predicted molar refractivity (Wildman–Crippen MR) is 44.1 cm³/mol. The fraction of sp³-hybridized carbons (Fsp3) is 0.286. The van der Waals surface area contributed by atoms with Crippen LogP contribution in [0.3, 0.4) is 0 Å². The molecule has 0 saturated carbocycles. The van der Waals surface area contributed by atoms with Gasteiger partial charge >= 0.3 is 5.03 Å². The fourth-order valence-corrected chi connectivity index (χ4v) is 1.86. The number of nitrogens with zero attached hydrogens (tertiary/aromatic N) is 1. The normalized spacial score (nSPS) is 22.2. The van der Waals surface area contributed by atoms with Crippen molar-refractivity contribution in [3.63, 3.8) is 0 Å². The molecule has 0 radical (unpaired) electrons. The summed E-state index contributed by atoms with van der Waals surface area (Å²) >= 11 is -1.22. The molecule has 1 N–H and O–H groups in total. The molecule has 2 heterocycles. The van der Waals surface area contributed by atoms with Crippen molar-refractivity contribution < 1.29 is 9.29 Å². The highest BCUT2D eigenvalue weighted by Gasteiger charge is 2.22. The fourth-order valence-electron chi connectivity index (χ4n) is 0.989. The predicted octanol–water partition coefficient (Wildman–Crippen LogP) is 0.0862. The molecular formula is C7H8N2O2S. The number of hydrogen-bond donors (Lipinski definition) is 1. The minimum Gasteiger partial charge on any atom is -0.592 e. The molecular weight excluding hydrogens is 176 g/mol. The zero-order valence-corrected chi connectivity index (χ0v) is 7.13. The van der Waals surface area contributed by atoms with Crippen molar-refractivity contribution in [2.45, 2.75) is 5.03 Å². The van der Waals surface area contributed by atoms with Crippen molar-refractivity contribution in [2.75, 3.05) is 13.2 Å². The summed E-state index contributed by atoms with van der Waals surface area (Å²) < 4.78 is 19.4. The molecule has 1 aliphatic heterocycles. The molecule has 2 rings (SSSR count). The van der Waals surface area contributed by atoms with Crippen LogP contribution in [0.2, 0.25) is 0 Å². The topological polar surface area (TPSA) is 57.2 Å². The van der Waals surface area contributed by atoms with Gasteiger partial charge in [-0.05, 0) is 12.1 Å². The molecule has 5 heteroatoms. The molecule has 0 aliphatic carbocycles. The molecule has 1 atom stereocenters. The second-order valence-electron chi connectivity index (χ2n) is 2.32. The standard InChI is InChI=1S/C7H8N2O2S/c10-12-7-6(2-1-3-8-7)11-5-4-9-12/h1-3,9H,4-5H2. The first-order valence-corrected chi connectivity index (χ1v) is 4.76. The van der Waals surface area contributed by atoms with Crippen LogP contribution in [0.1, 0.15) is 0 Å². The Morgan fingerprint density at radius 1 is 1.67 bits per heavy atom.